The molecule has 1 nitrogen and oxygen atoms in total. The molecule has 90 valence electrons. The van der Waals surface area contributed by atoms with Gasteiger partial charge in [-0.05, 0) is 36.1 Å². The van der Waals surface area contributed by atoms with Gasteiger partial charge in [-0.15, -0.1) is 11.3 Å². The van der Waals surface area contributed by atoms with Crippen LogP contribution in [0.2, 0.25) is 4.34 Å². The van der Waals surface area contributed by atoms with E-state index in [-0.39, 0.29) is 6.04 Å². The predicted octanol–water partition coefficient (Wildman–Crippen LogP) is 4.85. The number of benzene rings is 1. The van der Waals surface area contributed by atoms with Crippen molar-refractivity contribution in [3.8, 4) is 0 Å². The number of halogens is 3. The van der Waals surface area contributed by atoms with Gasteiger partial charge >= 0.3 is 0 Å². The average Bonchev–Trinajstić information content (AvgIpc) is 2.63. The van der Waals surface area contributed by atoms with Gasteiger partial charge in [0, 0.05) is 17.8 Å². The van der Waals surface area contributed by atoms with Crippen LogP contribution < -0.4 is 5.32 Å². The lowest BCUT2D eigenvalue weighted by atomic mass is 10.1. The topological polar surface area (TPSA) is 12.0 Å². The van der Waals surface area contributed by atoms with Crippen LogP contribution in [0.25, 0.3) is 0 Å². The molecule has 0 spiro atoms. The number of nitrogens with one attached hydrogen (secondary N) is 1. The zero-order valence-corrected chi connectivity index (χ0v) is 10.6. The Morgan fingerprint density at radius 2 is 1.82 bits per heavy atom. The molecule has 0 radical (unpaired) electrons. The third-order valence-corrected chi connectivity index (χ3v) is 3.44. The fourth-order valence-corrected chi connectivity index (χ4v) is 2.51. The molecule has 0 aliphatic carbocycles. The molecule has 2 aromatic rings. The molecule has 1 aromatic heterocycles. The maximum atomic E-state index is 13.0. The number of hydrogen-bond donors (Lipinski definition) is 1. The van der Waals surface area contributed by atoms with E-state index < -0.39 is 11.6 Å². The summed E-state index contributed by atoms with van der Waals surface area (Å²) in [5.41, 5.74) is 1.40. The first-order valence-electron chi connectivity index (χ1n) is 5.01. The molecule has 1 unspecified atom stereocenters. The summed E-state index contributed by atoms with van der Waals surface area (Å²) >= 11 is 7.26. The summed E-state index contributed by atoms with van der Waals surface area (Å²) in [6, 6.07) is 5.14. The molecule has 0 bridgehead atoms. The minimum absolute atomic E-state index is 0.0556. The summed E-state index contributed by atoms with van der Waals surface area (Å²) in [4.78, 5) is 0. The van der Waals surface area contributed by atoms with Crippen LogP contribution in [-0.4, -0.2) is 0 Å². The highest BCUT2D eigenvalue weighted by Crippen LogP contribution is 2.27. The molecular weight excluding hydrogens is 264 g/mol. The van der Waals surface area contributed by atoms with Gasteiger partial charge in [0.05, 0.1) is 4.34 Å². The highest BCUT2D eigenvalue weighted by molar-refractivity contribution is 7.14. The maximum Gasteiger partial charge on any atom is 0.128 e. The monoisotopic (exact) mass is 273 g/mol. The maximum absolute atomic E-state index is 13.0. The molecule has 0 saturated carbocycles. The van der Waals surface area contributed by atoms with Crippen molar-refractivity contribution in [1.82, 2.24) is 0 Å². The van der Waals surface area contributed by atoms with Crippen LogP contribution in [-0.2, 0) is 0 Å². The molecule has 0 fully saturated rings. The van der Waals surface area contributed by atoms with Gasteiger partial charge in [-0.3, -0.25) is 0 Å². The molecule has 0 aliphatic rings. The summed E-state index contributed by atoms with van der Waals surface area (Å²) in [7, 11) is 0. The molecule has 5 heteroatoms. The van der Waals surface area contributed by atoms with E-state index in [0.29, 0.717) is 10.0 Å². The van der Waals surface area contributed by atoms with Crippen molar-refractivity contribution in [2.24, 2.45) is 0 Å². The van der Waals surface area contributed by atoms with Crippen LogP contribution in [0.5, 0.6) is 0 Å². The molecule has 1 aromatic carbocycles. The van der Waals surface area contributed by atoms with Gasteiger partial charge in [-0.25, -0.2) is 8.78 Å². The van der Waals surface area contributed by atoms with Gasteiger partial charge in [0.2, 0.25) is 0 Å². The summed E-state index contributed by atoms with van der Waals surface area (Å²) in [5, 5.41) is 4.93. The van der Waals surface area contributed by atoms with Crippen molar-refractivity contribution in [2.75, 3.05) is 5.32 Å². The summed E-state index contributed by atoms with van der Waals surface area (Å²) in [5.74, 6) is -1.19. The molecule has 1 N–H and O–H groups in total. The van der Waals surface area contributed by atoms with Crippen molar-refractivity contribution in [3.63, 3.8) is 0 Å². The number of rotatable bonds is 3. The molecular formula is C12H10ClF2NS. The smallest absolute Gasteiger partial charge is 0.128 e. The molecule has 0 aliphatic heterocycles. The van der Waals surface area contributed by atoms with Crippen molar-refractivity contribution >= 4 is 28.6 Å². The summed E-state index contributed by atoms with van der Waals surface area (Å²) < 4.78 is 26.7. The first kappa shape index (κ1) is 12.3. The zero-order chi connectivity index (χ0) is 12.4. The van der Waals surface area contributed by atoms with E-state index in [1.54, 1.807) is 0 Å². The Morgan fingerprint density at radius 3 is 2.35 bits per heavy atom. The van der Waals surface area contributed by atoms with Crippen LogP contribution in [0.1, 0.15) is 18.5 Å². The standard InChI is InChI=1S/C12H10ClF2NS/c1-7(8-2-12(13)17-6-8)16-11-4-9(14)3-10(15)5-11/h2-7,16H,1H3. The SMILES string of the molecule is CC(Nc1cc(F)cc(F)c1)c1csc(Cl)c1. The average molecular weight is 274 g/mol. The van der Waals surface area contributed by atoms with Gasteiger partial charge in [0.25, 0.3) is 0 Å². The van der Waals surface area contributed by atoms with Crippen LogP contribution in [0.15, 0.2) is 29.6 Å². The third kappa shape index (κ3) is 3.17. The van der Waals surface area contributed by atoms with Crippen LogP contribution in [0.4, 0.5) is 14.5 Å². The number of thiophene rings is 1. The lowest BCUT2D eigenvalue weighted by molar-refractivity contribution is 0.583. The fourth-order valence-electron chi connectivity index (χ4n) is 1.52. The third-order valence-electron chi connectivity index (χ3n) is 2.33. The van der Waals surface area contributed by atoms with E-state index in [0.717, 1.165) is 11.6 Å². The van der Waals surface area contributed by atoms with Gasteiger partial charge in [0.15, 0.2) is 0 Å². The van der Waals surface area contributed by atoms with E-state index in [1.165, 1.54) is 23.5 Å². The van der Waals surface area contributed by atoms with E-state index in [9.17, 15) is 8.78 Å². The fraction of sp³-hybridized carbons (Fsp3) is 0.167. The Bertz CT molecular complexity index is 507. The Balaban J connectivity index is 2.15. The quantitative estimate of drug-likeness (QED) is 0.843. The predicted molar refractivity (Wildman–Crippen MR) is 67.7 cm³/mol. The Labute approximate surface area is 107 Å². The molecule has 0 amide bonds. The van der Waals surface area contributed by atoms with Gasteiger partial charge in [-0.1, -0.05) is 11.6 Å². The Morgan fingerprint density at radius 1 is 1.18 bits per heavy atom. The van der Waals surface area contributed by atoms with Crippen LogP contribution >= 0.6 is 22.9 Å². The first-order valence-corrected chi connectivity index (χ1v) is 6.27. The lowest BCUT2D eigenvalue weighted by Crippen LogP contribution is -2.05. The second-order valence-corrected chi connectivity index (χ2v) is 5.25. The minimum Gasteiger partial charge on any atom is -0.378 e. The lowest BCUT2D eigenvalue weighted by Gasteiger charge is -2.14. The van der Waals surface area contributed by atoms with Gasteiger partial charge in [-0.2, -0.15) is 0 Å². The zero-order valence-electron chi connectivity index (χ0n) is 9.01. The molecule has 17 heavy (non-hydrogen) atoms. The largest absolute Gasteiger partial charge is 0.378 e. The minimum atomic E-state index is -0.594. The molecule has 0 saturated heterocycles. The van der Waals surface area contributed by atoms with E-state index in [1.807, 2.05) is 18.4 Å². The Kier molecular flexibility index (Phi) is 3.64. The van der Waals surface area contributed by atoms with Crippen molar-refractivity contribution in [1.29, 1.82) is 0 Å². The van der Waals surface area contributed by atoms with Gasteiger partial charge in [0.1, 0.15) is 11.6 Å². The van der Waals surface area contributed by atoms with E-state index in [4.69, 9.17) is 11.6 Å². The molecule has 2 rings (SSSR count). The first-order chi connectivity index (χ1) is 8.04. The second kappa shape index (κ2) is 5.02. The van der Waals surface area contributed by atoms with Crippen LogP contribution in [0, 0.1) is 11.6 Å². The Hall–Kier alpha value is -1.13. The van der Waals surface area contributed by atoms with Crippen molar-refractivity contribution in [2.45, 2.75) is 13.0 Å². The highest BCUT2D eigenvalue weighted by Gasteiger charge is 2.09. The number of anilines is 1. The number of hydrogen-bond acceptors (Lipinski definition) is 2. The molecule has 1 atom stereocenters. The summed E-state index contributed by atoms with van der Waals surface area (Å²) in [6.45, 7) is 1.90. The van der Waals surface area contributed by atoms with E-state index in [2.05, 4.69) is 5.32 Å². The summed E-state index contributed by atoms with van der Waals surface area (Å²) in [6.07, 6.45) is 0. The van der Waals surface area contributed by atoms with Crippen molar-refractivity contribution < 1.29 is 8.78 Å². The van der Waals surface area contributed by atoms with Gasteiger partial charge < -0.3 is 5.32 Å². The second-order valence-electron chi connectivity index (χ2n) is 3.71. The normalized spacial score (nSPS) is 12.5. The van der Waals surface area contributed by atoms with Crippen molar-refractivity contribution in [3.05, 3.63) is 51.2 Å². The van der Waals surface area contributed by atoms with Crippen LogP contribution in [0.3, 0.4) is 0 Å². The highest BCUT2D eigenvalue weighted by atomic mass is 35.5. The van der Waals surface area contributed by atoms with E-state index >= 15 is 0 Å². The molecule has 1 heterocycles.